The predicted octanol–water partition coefficient (Wildman–Crippen LogP) is 6.54. The zero-order chi connectivity index (χ0) is 23.4. The monoisotopic (exact) mass is 510 g/mol. The van der Waals surface area contributed by atoms with Gasteiger partial charge in [-0.1, -0.05) is 0 Å². The van der Waals surface area contributed by atoms with Crippen molar-refractivity contribution in [3.63, 3.8) is 0 Å². The molecule has 0 bridgehead atoms. The average molecular weight is 511 g/mol. The van der Waals surface area contributed by atoms with E-state index < -0.39 is 34.9 Å². The van der Waals surface area contributed by atoms with E-state index in [1.54, 1.807) is 12.1 Å². The fourth-order valence-corrected chi connectivity index (χ4v) is 12.1. The van der Waals surface area contributed by atoms with Crippen molar-refractivity contribution >= 4 is 45.9 Å². The zero-order valence-corrected chi connectivity index (χ0v) is 18.4. The summed E-state index contributed by atoms with van der Waals surface area (Å²) in [5.74, 6) is 0. The van der Waals surface area contributed by atoms with Crippen LogP contribution < -0.4 is 15.9 Å². The Bertz CT molecular complexity index is 1080. The van der Waals surface area contributed by atoms with E-state index in [4.69, 9.17) is 27.7 Å². The van der Waals surface area contributed by atoms with Crippen LogP contribution in [0.1, 0.15) is 5.56 Å². The minimum absolute atomic E-state index is 0.0579. The van der Waals surface area contributed by atoms with Gasteiger partial charge in [-0.3, -0.25) is 0 Å². The molecule has 1 nitrogen and oxygen atoms in total. The first-order valence-electron chi connectivity index (χ1n) is 9.28. The summed E-state index contributed by atoms with van der Waals surface area (Å²) < 4.78 is 90.7. The molecular weight excluding hydrogens is 496 g/mol. The Labute approximate surface area is 189 Å². The molecule has 0 saturated heterocycles. The van der Waals surface area contributed by atoms with E-state index in [0.29, 0.717) is 0 Å². The van der Waals surface area contributed by atoms with E-state index in [9.17, 15) is 26.3 Å². The van der Waals surface area contributed by atoms with Crippen molar-refractivity contribution in [3.8, 4) is 0 Å². The van der Waals surface area contributed by atoms with Crippen LogP contribution >= 0.6 is 30.0 Å². The predicted molar refractivity (Wildman–Crippen MR) is 116 cm³/mol. The molecule has 32 heavy (non-hydrogen) atoms. The van der Waals surface area contributed by atoms with Crippen molar-refractivity contribution in [1.82, 2.24) is 0 Å². The van der Waals surface area contributed by atoms with Crippen molar-refractivity contribution in [2.24, 2.45) is 0 Å². The fraction of sp³-hybridized carbons (Fsp3) is 0.182. The van der Waals surface area contributed by atoms with Crippen LogP contribution in [0.4, 0.5) is 26.3 Å². The van der Waals surface area contributed by atoms with Gasteiger partial charge in [-0.15, -0.1) is 0 Å². The summed E-state index contributed by atoms with van der Waals surface area (Å²) >= 11 is 13.0. The Morgan fingerprint density at radius 3 is 1.47 bits per heavy atom. The van der Waals surface area contributed by atoms with Gasteiger partial charge in [0.2, 0.25) is 0 Å². The molecule has 3 aromatic carbocycles. The molecule has 1 aliphatic rings. The van der Waals surface area contributed by atoms with E-state index in [2.05, 4.69) is 0 Å². The summed E-state index contributed by atoms with van der Waals surface area (Å²) in [6.07, 6.45) is -11.7. The quantitative estimate of drug-likeness (QED) is 0.221. The second kappa shape index (κ2) is 7.36. The molecule has 0 atom stereocenters. The van der Waals surface area contributed by atoms with Crippen LogP contribution in [0.15, 0.2) is 84.9 Å². The van der Waals surface area contributed by atoms with E-state index in [0.717, 1.165) is 12.1 Å². The molecule has 0 unspecified atom stereocenters. The Balaban J connectivity index is 2.32. The van der Waals surface area contributed by atoms with E-state index >= 15 is 0 Å². The maximum atomic E-state index is 14.5. The van der Waals surface area contributed by atoms with Crippen LogP contribution in [0.5, 0.6) is 0 Å². The van der Waals surface area contributed by atoms with Gasteiger partial charge in [-0.25, -0.2) is 0 Å². The van der Waals surface area contributed by atoms with Crippen LogP contribution in [-0.2, 0) is 10.1 Å². The van der Waals surface area contributed by atoms with Gasteiger partial charge in [0, 0.05) is 0 Å². The molecule has 170 valence electrons. The van der Waals surface area contributed by atoms with Gasteiger partial charge < -0.3 is 0 Å². The van der Waals surface area contributed by atoms with Crippen molar-refractivity contribution < 1.29 is 30.9 Å². The molecule has 10 heteroatoms. The summed E-state index contributed by atoms with van der Waals surface area (Å²) in [5.41, 5.74) is -5.68. The van der Waals surface area contributed by atoms with Gasteiger partial charge in [-0.2, -0.15) is 0 Å². The van der Waals surface area contributed by atoms with Crippen LogP contribution in [0, 0.1) is 0 Å². The minimum atomic E-state index is -5.85. The molecule has 0 aliphatic carbocycles. The topological polar surface area (TPSA) is 9.23 Å². The van der Waals surface area contributed by atoms with Gasteiger partial charge in [0.05, 0.1) is 0 Å². The summed E-state index contributed by atoms with van der Waals surface area (Å²) in [7, 11) is 0. The third kappa shape index (κ3) is 2.68. The standard InChI is InChI=1S/C22H15Cl2F6OP/c23-19(24)32(15-9-3-1-4-10-15,16-11-5-2-6-12-16)18-14-8-7-13-17(18)20(31-32,21(25,26)27)22(28,29)30/h1-14,19H. The first kappa shape index (κ1) is 23.4. The zero-order valence-electron chi connectivity index (χ0n) is 16.0. The Hall–Kier alpha value is -1.79. The molecule has 0 aromatic heterocycles. The molecule has 1 aliphatic heterocycles. The van der Waals surface area contributed by atoms with Gasteiger partial charge in [-0.05, 0) is 0 Å². The van der Waals surface area contributed by atoms with Crippen molar-refractivity contribution in [1.29, 1.82) is 0 Å². The second-order valence-electron chi connectivity index (χ2n) is 7.34. The van der Waals surface area contributed by atoms with Gasteiger partial charge >= 0.3 is 190 Å². The van der Waals surface area contributed by atoms with Crippen molar-refractivity contribution in [2.45, 2.75) is 22.5 Å². The molecule has 4 rings (SSSR count). The summed E-state index contributed by atoms with van der Waals surface area (Å²) in [5, 5.41) is -0.189. The Morgan fingerprint density at radius 2 is 1.06 bits per heavy atom. The van der Waals surface area contributed by atoms with Crippen molar-refractivity contribution in [2.75, 3.05) is 0 Å². The third-order valence-corrected chi connectivity index (χ3v) is 13.4. The van der Waals surface area contributed by atoms with Gasteiger partial charge in [0.25, 0.3) is 0 Å². The summed E-state index contributed by atoms with van der Waals surface area (Å²) in [6.45, 7) is -5.22. The second-order valence-corrected chi connectivity index (χ2v) is 13.5. The normalized spacial score (nSPS) is 20.3. The first-order chi connectivity index (χ1) is 14.9. The van der Waals surface area contributed by atoms with E-state index in [1.165, 1.54) is 60.7 Å². The third-order valence-electron chi connectivity index (χ3n) is 5.80. The number of rotatable bonds is 3. The molecule has 0 fully saturated rings. The molecular formula is C22H15Cl2F6OP. The average Bonchev–Trinajstić information content (AvgIpc) is 3.06. The van der Waals surface area contributed by atoms with Crippen LogP contribution in [-0.4, -0.2) is 16.9 Å². The SMILES string of the molecule is FC(F)(F)C1(C(F)(F)F)OP(c2ccccc2)(c2ccccc2)(C(Cl)Cl)c2ccccc21. The summed E-state index contributed by atoms with van der Waals surface area (Å²) in [6, 6.07) is 19.2. The number of alkyl halides is 8. The molecule has 0 amide bonds. The maximum absolute atomic E-state index is 14.5. The number of benzene rings is 3. The molecule has 1 heterocycles. The van der Waals surface area contributed by atoms with Gasteiger partial charge in [0.15, 0.2) is 0 Å². The molecule has 3 aromatic rings. The van der Waals surface area contributed by atoms with E-state index in [-0.39, 0.29) is 15.9 Å². The molecule has 0 spiro atoms. The van der Waals surface area contributed by atoms with E-state index in [1.807, 2.05) is 0 Å². The number of hydrogen-bond donors (Lipinski definition) is 0. The molecule has 0 saturated carbocycles. The first-order valence-corrected chi connectivity index (χ1v) is 12.4. The number of halogens is 8. The van der Waals surface area contributed by atoms with Crippen LogP contribution in [0.3, 0.4) is 0 Å². The number of fused-ring (bicyclic) bond motifs is 1. The fourth-order valence-electron chi connectivity index (χ4n) is 4.46. The molecule has 0 radical (unpaired) electrons. The Morgan fingerprint density at radius 1 is 0.656 bits per heavy atom. The van der Waals surface area contributed by atoms with Crippen LogP contribution in [0.2, 0.25) is 0 Å². The van der Waals surface area contributed by atoms with Crippen molar-refractivity contribution in [3.05, 3.63) is 90.5 Å². The number of hydrogen-bond acceptors (Lipinski definition) is 1. The van der Waals surface area contributed by atoms with Crippen LogP contribution in [0.25, 0.3) is 0 Å². The summed E-state index contributed by atoms with van der Waals surface area (Å²) in [4.78, 5) is 0. The Kier molecular flexibility index (Phi) is 5.37. The van der Waals surface area contributed by atoms with Gasteiger partial charge in [0.1, 0.15) is 0 Å². The molecule has 0 N–H and O–H groups in total.